The van der Waals surface area contributed by atoms with Crippen LogP contribution in [0.1, 0.15) is 39.7 Å². The number of carbonyl (C=O) groups excluding carboxylic acids is 1. The first-order chi connectivity index (χ1) is 12.2. The molecule has 1 fully saturated rings. The molecule has 1 N–H and O–H groups in total. The number of fused-ring (bicyclic) bond motifs is 1. The van der Waals surface area contributed by atoms with Gasteiger partial charge in [0, 0.05) is 24.2 Å². The Bertz CT molecular complexity index is 950. The first kappa shape index (κ1) is 18.5. The Hall–Kier alpha value is -2.28. The Labute approximate surface area is 155 Å². The van der Waals surface area contributed by atoms with E-state index in [1.165, 1.54) is 4.57 Å². The number of rotatable bonds is 1. The van der Waals surface area contributed by atoms with Crippen LogP contribution < -0.4 is 11.1 Å². The number of hydrogen-bond acceptors (Lipinski definition) is 4. The van der Waals surface area contributed by atoms with E-state index in [1.54, 1.807) is 23.1 Å². The van der Waals surface area contributed by atoms with Crippen LogP contribution in [0.4, 0.5) is 4.79 Å². The summed E-state index contributed by atoms with van der Waals surface area (Å²) in [5, 5.41) is 0.484. The number of amides is 1. The van der Waals surface area contributed by atoms with Crippen molar-refractivity contribution in [1.82, 2.24) is 14.5 Å². The van der Waals surface area contributed by atoms with Crippen molar-refractivity contribution in [2.24, 2.45) is 0 Å². The summed E-state index contributed by atoms with van der Waals surface area (Å²) in [7, 11) is 0. The fourth-order valence-electron chi connectivity index (χ4n) is 3.21. The van der Waals surface area contributed by atoms with E-state index in [1.807, 2.05) is 20.8 Å². The number of nitrogens with one attached hydrogen (secondary N) is 1. The second-order valence-electron chi connectivity index (χ2n) is 7.49. The summed E-state index contributed by atoms with van der Waals surface area (Å²) in [5.41, 5.74) is -0.649. The van der Waals surface area contributed by atoms with Gasteiger partial charge in [0.2, 0.25) is 0 Å². The van der Waals surface area contributed by atoms with E-state index in [2.05, 4.69) is 4.98 Å². The van der Waals surface area contributed by atoms with Crippen molar-refractivity contribution < 1.29 is 9.53 Å². The number of piperidine rings is 1. The number of hydrogen-bond donors (Lipinski definition) is 1. The van der Waals surface area contributed by atoms with Gasteiger partial charge in [0.1, 0.15) is 5.60 Å². The smallest absolute Gasteiger partial charge is 0.410 e. The van der Waals surface area contributed by atoms with Crippen LogP contribution in [-0.4, -0.2) is 39.2 Å². The average Bonchev–Trinajstić information content (AvgIpc) is 2.55. The summed E-state index contributed by atoms with van der Waals surface area (Å²) < 4.78 is 6.92. The van der Waals surface area contributed by atoms with Crippen molar-refractivity contribution in [2.75, 3.05) is 13.1 Å². The molecule has 2 heterocycles. The molecule has 1 aromatic carbocycles. The van der Waals surface area contributed by atoms with Gasteiger partial charge in [-0.25, -0.2) is 4.79 Å². The maximum Gasteiger partial charge on any atom is 0.410 e. The first-order valence-electron chi connectivity index (χ1n) is 8.58. The number of likely N-dealkylation sites (tertiary alicyclic amines) is 1. The van der Waals surface area contributed by atoms with Crippen LogP contribution >= 0.6 is 11.6 Å². The highest BCUT2D eigenvalue weighted by molar-refractivity contribution is 6.31. The molecule has 1 saturated heterocycles. The third-order valence-electron chi connectivity index (χ3n) is 4.36. The lowest BCUT2D eigenvalue weighted by atomic mass is 10.0. The van der Waals surface area contributed by atoms with Crippen molar-refractivity contribution >= 4 is 28.7 Å². The van der Waals surface area contributed by atoms with Crippen molar-refractivity contribution in [3.05, 3.63) is 43.9 Å². The summed E-state index contributed by atoms with van der Waals surface area (Å²) >= 11 is 5.99. The molecule has 26 heavy (non-hydrogen) atoms. The van der Waals surface area contributed by atoms with E-state index >= 15 is 0 Å². The van der Waals surface area contributed by atoms with Gasteiger partial charge in [-0.2, -0.15) is 0 Å². The number of carbonyl (C=O) groups is 1. The molecule has 1 aliphatic heterocycles. The van der Waals surface area contributed by atoms with E-state index in [4.69, 9.17) is 16.3 Å². The topological polar surface area (TPSA) is 84.4 Å². The Kier molecular flexibility index (Phi) is 4.84. The van der Waals surface area contributed by atoms with Crippen LogP contribution in [0.5, 0.6) is 0 Å². The minimum absolute atomic E-state index is 0.160. The SMILES string of the molecule is CC(C)(C)OC(=O)N1CCC(n2c(=O)c(=O)[nH]c3cc(Cl)ccc32)CC1. The molecular formula is C18H22ClN3O4. The van der Waals surface area contributed by atoms with Crippen LogP contribution in [0, 0.1) is 0 Å². The van der Waals surface area contributed by atoms with Crippen LogP contribution in [0.15, 0.2) is 27.8 Å². The second kappa shape index (κ2) is 6.79. The summed E-state index contributed by atoms with van der Waals surface area (Å²) in [5.74, 6) is 0. The quantitative estimate of drug-likeness (QED) is 0.772. The molecule has 0 unspecified atom stereocenters. The first-order valence-corrected chi connectivity index (χ1v) is 8.95. The largest absolute Gasteiger partial charge is 0.444 e. The van der Waals surface area contributed by atoms with Crippen LogP contribution in [0.3, 0.4) is 0 Å². The fourth-order valence-corrected chi connectivity index (χ4v) is 3.38. The molecule has 3 rings (SSSR count). The Balaban J connectivity index is 1.86. The highest BCUT2D eigenvalue weighted by atomic mass is 35.5. The molecule has 1 aromatic heterocycles. The Morgan fingerprint density at radius 1 is 1.23 bits per heavy atom. The molecule has 0 aliphatic carbocycles. The maximum absolute atomic E-state index is 12.5. The number of ether oxygens (including phenoxy) is 1. The van der Waals surface area contributed by atoms with Gasteiger partial charge in [0.15, 0.2) is 0 Å². The van der Waals surface area contributed by atoms with Gasteiger partial charge < -0.3 is 14.6 Å². The molecular weight excluding hydrogens is 358 g/mol. The number of halogens is 1. The number of aromatic amines is 1. The molecule has 0 bridgehead atoms. The number of H-pyrrole nitrogens is 1. The lowest BCUT2D eigenvalue weighted by Gasteiger charge is -2.34. The molecule has 0 saturated carbocycles. The molecule has 0 spiro atoms. The van der Waals surface area contributed by atoms with E-state index in [-0.39, 0.29) is 12.1 Å². The van der Waals surface area contributed by atoms with Crippen molar-refractivity contribution in [2.45, 2.75) is 45.3 Å². The van der Waals surface area contributed by atoms with Gasteiger partial charge in [-0.15, -0.1) is 0 Å². The van der Waals surface area contributed by atoms with E-state index in [9.17, 15) is 14.4 Å². The molecule has 0 radical (unpaired) electrons. The summed E-state index contributed by atoms with van der Waals surface area (Å²) in [6.07, 6.45) is 0.784. The molecule has 7 nitrogen and oxygen atoms in total. The third-order valence-corrected chi connectivity index (χ3v) is 4.60. The Morgan fingerprint density at radius 3 is 2.50 bits per heavy atom. The van der Waals surface area contributed by atoms with E-state index < -0.39 is 16.7 Å². The standard InChI is InChI=1S/C18H22ClN3O4/c1-18(2,3)26-17(25)21-8-6-12(7-9-21)22-14-5-4-11(19)10-13(14)20-15(23)16(22)24/h4-5,10,12H,6-9H2,1-3H3,(H,20,23). The maximum atomic E-state index is 12.5. The highest BCUT2D eigenvalue weighted by Crippen LogP contribution is 2.26. The van der Waals surface area contributed by atoms with Gasteiger partial charge >= 0.3 is 17.2 Å². The van der Waals surface area contributed by atoms with Crippen LogP contribution in [0.2, 0.25) is 5.02 Å². The van der Waals surface area contributed by atoms with Gasteiger partial charge in [-0.3, -0.25) is 14.2 Å². The van der Waals surface area contributed by atoms with Gasteiger partial charge in [-0.05, 0) is 51.8 Å². The molecule has 2 aromatic rings. The van der Waals surface area contributed by atoms with E-state index in [0.717, 1.165) is 0 Å². The van der Waals surface area contributed by atoms with Gasteiger partial charge in [0.05, 0.1) is 11.0 Å². The third kappa shape index (κ3) is 3.77. The zero-order chi connectivity index (χ0) is 19.1. The average molecular weight is 380 g/mol. The fraction of sp³-hybridized carbons (Fsp3) is 0.500. The van der Waals surface area contributed by atoms with Crippen LogP contribution in [0.25, 0.3) is 11.0 Å². The van der Waals surface area contributed by atoms with Crippen molar-refractivity contribution in [1.29, 1.82) is 0 Å². The predicted molar refractivity (Wildman–Crippen MR) is 99.9 cm³/mol. The molecule has 0 atom stereocenters. The summed E-state index contributed by atoms with van der Waals surface area (Å²) in [6.45, 7) is 6.40. The van der Waals surface area contributed by atoms with Gasteiger partial charge in [-0.1, -0.05) is 11.6 Å². The highest BCUT2D eigenvalue weighted by Gasteiger charge is 2.28. The molecule has 1 amide bonds. The summed E-state index contributed by atoms with van der Waals surface area (Å²) in [6, 6.07) is 4.89. The lowest BCUT2D eigenvalue weighted by molar-refractivity contribution is 0.0188. The molecule has 8 heteroatoms. The molecule has 140 valence electrons. The monoisotopic (exact) mass is 379 g/mol. The second-order valence-corrected chi connectivity index (χ2v) is 7.93. The minimum Gasteiger partial charge on any atom is -0.444 e. The predicted octanol–water partition coefficient (Wildman–Crippen LogP) is 2.92. The number of nitrogens with zero attached hydrogens (tertiary/aromatic N) is 2. The molecule has 1 aliphatic rings. The van der Waals surface area contributed by atoms with Crippen molar-refractivity contribution in [3.8, 4) is 0 Å². The summed E-state index contributed by atoms with van der Waals surface area (Å²) in [4.78, 5) is 40.9. The van der Waals surface area contributed by atoms with Gasteiger partial charge in [0.25, 0.3) is 0 Å². The van der Waals surface area contributed by atoms with E-state index in [0.29, 0.717) is 42.0 Å². The zero-order valence-electron chi connectivity index (χ0n) is 15.0. The lowest BCUT2D eigenvalue weighted by Crippen LogP contribution is -2.45. The normalized spacial score (nSPS) is 16.1. The number of aromatic nitrogens is 2. The van der Waals surface area contributed by atoms with Crippen LogP contribution in [-0.2, 0) is 4.74 Å². The Morgan fingerprint density at radius 2 is 1.88 bits per heavy atom. The minimum atomic E-state index is -0.672. The van der Waals surface area contributed by atoms with Crippen molar-refractivity contribution in [3.63, 3.8) is 0 Å². The number of benzene rings is 1. The zero-order valence-corrected chi connectivity index (χ0v) is 15.8.